The van der Waals surface area contributed by atoms with Gasteiger partial charge in [0, 0.05) is 37.4 Å². The molecule has 2 aromatic heterocycles. The first kappa shape index (κ1) is 16.8. The number of anilines is 1. The van der Waals surface area contributed by atoms with Crippen LogP contribution in [0.1, 0.15) is 23.7 Å². The number of pyridine rings is 2. The molecule has 0 radical (unpaired) electrons. The Hall–Kier alpha value is -2.67. The highest BCUT2D eigenvalue weighted by molar-refractivity contribution is 5.88. The lowest BCUT2D eigenvalue weighted by Crippen LogP contribution is -2.46. The summed E-state index contributed by atoms with van der Waals surface area (Å²) in [6, 6.07) is 8.84. The molecule has 4 rings (SSSR count). The molecule has 2 atom stereocenters. The summed E-state index contributed by atoms with van der Waals surface area (Å²) in [5, 5.41) is 5.42. The molecule has 26 heavy (non-hydrogen) atoms. The average Bonchev–Trinajstić information content (AvgIpc) is 2.63. The van der Waals surface area contributed by atoms with Crippen molar-refractivity contribution in [1.82, 2.24) is 19.8 Å². The molecule has 0 saturated carbocycles. The van der Waals surface area contributed by atoms with E-state index in [4.69, 9.17) is 0 Å². The number of nitrogens with one attached hydrogen (secondary N) is 2. The number of likely N-dealkylation sites (N-methyl/N-ethyl adjacent to an activating group) is 1. The van der Waals surface area contributed by atoms with Crippen LogP contribution in [0.3, 0.4) is 0 Å². The molecule has 1 saturated heterocycles. The lowest BCUT2D eigenvalue weighted by Gasteiger charge is -2.41. The molecule has 136 valence electrons. The van der Waals surface area contributed by atoms with E-state index in [1.807, 2.05) is 28.8 Å². The number of carbonyl (C=O) groups excluding carboxylic acids is 1. The molecule has 2 aliphatic heterocycles. The third kappa shape index (κ3) is 3.35. The predicted octanol–water partition coefficient (Wildman–Crippen LogP) is 1.61. The minimum absolute atomic E-state index is 0.116. The van der Waals surface area contributed by atoms with E-state index < -0.39 is 6.03 Å². The molecule has 1 fully saturated rings. The molecule has 2 aliphatic rings. The van der Waals surface area contributed by atoms with Crippen molar-refractivity contribution in [3.05, 3.63) is 58.3 Å². The fourth-order valence-corrected chi connectivity index (χ4v) is 4.12. The van der Waals surface area contributed by atoms with Crippen molar-refractivity contribution in [3.8, 4) is 0 Å². The van der Waals surface area contributed by atoms with Crippen molar-refractivity contribution in [2.24, 2.45) is 5.92 Å². The molecule has 2 amide bonds. The fraction of sp³-hybridized carbons (Fsp3) is 0.421. The van der Waals surface area contributed by atoms with Crippen LogP contribution in [-0.4, -0.2) is 40.6 Å². The third-order valence-corrected chi connectivity index (χ3v) is 5.19. The molecular formula is C19H23N5O2. The molecule has 7 nitrogen and oxygen atoms in total. The number of piperidine rings is 1. The molecular weight excluding hydrogens is 330 g/mol. The first-order valence-electron chi connectivity index (χ1n) is 8.97. The highest BCUT2D eigenvalue weighted by Crippen LogP contribution is 2.34. The molecule has 0 aromatic carbocycles. The SMILES string of the molecule is CN1C[C@H]2C[C@H](C1)c1ccc(NC(=O)NCc3ccccn3)c(=O)n1C2. The van der Waals surface area contributed by atoms with Crippen molar-refractivity contribution >= 4 is 11.7 Å². The van der Waals surface area contributed by atoms with Crippen LogP contribution in [0.25, 0.3) is 0 Å². The first-order valence-corrected chi connectivity index (χ1v) is 8.97. The second-order valence-corrected chi connectivity index (χ2v) is 7.24. The zero-order valence-electron chi connectivity index (χ0n) is 14.8. The summed E-state index contributed by atoms with van der Waals surface area (Å²) in [4.78, 5) is 31.5. The quantitative estimate of drug-likeness (QED) is 0.879. The van der Waals surface area contributed by atoms with Gasteiger partial charge in [-0.2, -0.15) is 0 Å². The van der Waals surface area contributed by atoms with E-state index in [0.29, 0.717) is 24.1 Å². The van der Waals surface area contributed by atoms with Crippen molar-refractivity contribution < 1.29 is 4.79 Å². The summed E-state index contributed by atoms with van der Waals surface area (Å²) in [6.07, 6.45) is 2.82. The van der Waals surface area contributed by atoms with E-state index in [1.54, 1.807) is 12.3 Å². The van der Waals surface area contributed by atoms with Crippen molar-refractivity contribution in [3.63, 3.8) is 0 Å². The van der Waals surface area contributed by atoms with Gasteiger partial charge in [0.1, 0.15) is 5.69 Å². The Morgan fingerprint density at radius 3 is 2.92 bits per heavy atom. The van der Waals surface area contributed by atoms with Gasteiger partial charge in [0.15, 0.2) is 0 Å². The van der Waals surface area contributed by atoms with Gasteiger partial charge >= 0.3 is 6.03 Å². The Morgan fingerprint density at radius 1 is 1.23 bits per heavy atom. The number of urea groups is 1. The van der Waals surface area contributed by atoms with E-state index in [9.17, 15) is 9.59 Å². The maximum Gasteiger partial charge on any atom is 0.319 e. The number of hydrogen-bond acceptors (Lipinski definition) is 4. The van der Waals surface area contributed by atoms with Crippen LogP contribution in [0.5, 0.6) is 0 Å². The van der Waals surface area contributed by atoms with Crippen LogP contribution in [0, 0.1) is 5.92 Å². The lowest BCUT2D eigenvalue weighted by molar-refractivity contribution is 0.145. The molecule has 0 spiro atoms. The maximum absolute atomic E-state index is 12.8. The zero-order valence-corrected chi connectivity index (χ0v) is 14.8. The van der Waals surface area contributed by atoms with Gasteiger partial charge in [-0.3, -0.25) is 9.78 Å². The van der Waals surface area contributed by atoms with Gasteiger partial charge in [-0.05, 0) is 43.7 Å². The Bertz CT molecular complexity index is 864. The lowest BCUT2D eigenvalue weighted by atomic mass is 9.83. The second kappa shape index (κ2) is 6.92. The number of aromatic nitrogens is 2. The highest BCUT2D eigenvalue weighted by atomic mass is 16.2. The number of nitrogens with zero attached hydrogens (tertiary/aromatic N) is 3. The van der Waals surface area contributed by atoms with Crippen LogP contribution in [0.15, 0.2) is 41.3 Å². The number of fused-ring (bicyclic) bond motifs is 4. The first-order chi connectivity index (χ1) is 12.6. The predicted molar refractivity (Wildman–Crippen MR) is 99.1 cm³/mol. The Balaban J connectivity index is 1.47. The number of amides is 2. The van der Waals surface area contributed by atoms with Gasteiger partial charge in [0.25, 0.3) is 5.56 Å². The Kier molecular flexibility index (Phi) is 4.46. The van der Waals surface area contributed by atoms with Gasteiger partial charge in [0.2, 0.25) is 0 Å². The Morgan fingerprint density at radius 2 is 2.12 bits per heavy atom. The van der Waals surface area contributed by atoms with E-state index >= 15 is 0 Å². The van der Waals surface area contributed by atoms with Crippen LogP contribution in [-0.2, 0) is 13.1 Å². The molecule has 0 aliphatic carbocycles. The topological polar surface area (TPSA) is 79.3 Å². The van der Waals surface area contributed by atoms with Crippen molar-refractivity contribution in [2.45, 2.75) is 25.4 Å². The number of hydrogen-bond donors (Lipinski definition) is 2. The summed E-state index contributed by atoms with van der Waals surface area (Å²) in [5.74, 6) is 0.893. The minimum Gasteiger partial charge on any atom is -0.332 e. The minimum atomic E-state index is -0.399. The monoisotopic (exact) mass is 353 g/mol. The summed E-state index contributed by atoms with van der Waals surface area (Å²) in [5.41, 5.74) is 2.05. The largest absolute Gasteiger partial charge is 0.332 e. The normalized spacial score (nSPS) is 21.7. The molecule has 2 aromatic rings. The smallest absolute Gasteiger partial charge is 0.319 e. The van der Waals surface area contributed by atoms with Crippen molar-refractivity contribution in [2.75, 3.05) is 25.5 Å². The standard InChI is InChI=1S/C19H23N5O2/c1-23-10-13-8-14(12-23)17-6-5-16(18(25)24(17)11-13)22-19(26)21-9-15-4-2-3-7-20-15/h2-7,13-14H,8-12H2,1H3,(H2,21,22,26)/t13-,14-/m1/s1. The van der Waals surface area contributed by atoms with Gasteiger partial charge in [-0.25, -0.2) is 4.79 Å². The highest BCUT2D eigenvalue weighted by Gasteiger charge is 2.33. The van der Waals surface area contributed by atoms with Gasteiger partial charge in [0.05, 0.1) is 12.2 Å². The molecule has 4 heterocycles. The van der Waals surface area contributed by atoms with Crippen LogP contribution in [0.4, 0.5) is 10.5 Å². The summed E-state index contributed by atoms with van der Waals surface area (Å²) < 4.78 is 1.85. The van der Waals surface area contributed by atoms with E-state index in [-0.39, 0.29) is 5.56 Å². The second-order valence-electron chi connectivity index (χ2n) is 7.24. The average molecular weight is 353 g/mol. The number of carbonyl (C=O) groups is 1. The van der Waals surface area contributed by atoms with Crippen molar-refractivity contribution in [1.29, 1.82) is 0 Å². The Labute approximate surface area is 152 Å². The zero-order chi connectivity index (χ0) is 18.1. The fourth-order valence-electron chi connectivity index (χ4n) is 4.12. The molecule has 2 N–H and O–H groups in total. The van der Waals surface area contributed by atoms with E-state index in [1.165, 1.54) is 0 Å². The van der Waals surface area contributed by atoms with Crippen LogP contribution in [0.2, 0.25) is 0 Å². The maximum atomic E-state index is 12.8. The third-order valence-electron chi connectivity index (χ3n) is 5.19. The van der Waals surface area contributed by atoms with Crippen LogP contribution >= 0.6 is 0 Å². The molecule has 2 bridgehead atoms. The summed E-state index contributed by atoms with van der Waals surface area (Å²) in [6.45, 7) is 3.04. The molecule has 0 unspecified atom stereocenters. The number of rotatable bonds is 3. The summed E-state index contributed by atoms with van der Waals surface area (Å²) in [7, 11) is 2.13. The summed E-state index contributed by atoms with van der Waals surface area (Å²) >= 11 is 0. The van der Waals surface area contributed by atoms with Gasteiger partial charge in [-0.1, -0.05) is 6.07 Å². The van der Waals surface area contributed by atoms with Gasteiger partial charge in [-0.15, -0.1) is 0 Å². The van der Waals surface area contributed by atoms with Gasteiger partial charge < -0.3 is 20.1 Å². The van der Waals surface area contributed by atoms with Crippen LogP contribution < -0.4 is 16.2 Å². The van der Waals surface area contributed by atoms with E-state index in [0.717, 1.165) is 37.4 Å². The number of likely N-dealkylation sites (tertiary alicyclic amines) is 1. The van der Waals surface area contributed by atoms with E-state index in [2.05, 4.69) is 27.6 Å². The molecule has 7 heteroatoms.